The molecule has 1 aliphatic rings. The summed E-state index contributed by atoms with van der Waals surface area (Å²) in [6.45, 7) is 5.69. The van der Waals surface area contributed by atoms with Gasteiger partial charge < -0.3 is 10.4 Å². The molecule has 2 atom stereocenters. The molecule has 1 fully saturated rings. The first-order valence-corrected chi connectivity index (χ1v) is 5.57. The van der Waals surface area contributed by atoms with Crippen LogP contribution < -0.4 is 5.32 Å². The van der Waals surface area contributed by atoms with Crippen LogP contribution in [0, 0.1) is 12.8 Å². The van der Waals surface area contributed by atoms with E-state index in [0.717, 1.165) is 13.0 Å². The smallest absolute Gasteiger partial charge is 0.0786 e. The van der Waals surface area contributed by atoms with E-state index in [-0.39, 0.29) is 0 Å². The lowest BCUT2D eigenvalue weighted by molar-refractivity contribution is 0.0363. The van der Waals surface area contributed by atoms with Crippen molar-refractivity contribution in [1.29, 1.82) is 0 Å². The molecular weight excluding hydrogens is 186 g/mol. The maximum absolute atomic E-state index is 10.1. The first-order valence-electron chi connectivity index (χ1n) is 5.57. The van der Waals surface area contributed by atoms with Crippen LogP contribution in [0.5, 0.6) is 0 Å². The Bertz CT molecular complexity index is 346. The fourth-order valence-electron chi connectivity index (χ4n) is 2.26. The Balaban J connectivity index is 2.12. The third-order valence-electron chi connectivity index (χ3n) is 3.48. The number of β-amino-alcohol motifs (C(OH)–C–C–N with tert-alkyl or cyclic N) is 1. The van der Waals surface area contributed by atoms with E-state index < -0.39 is 5.60 Å². The van der Waals surface area contributed by atoms with E-state index >= 15 is 0 Å². The molecule has 1 aliphatic heterocycles. The zero-order valence-electron chi connectivity index (χ0n) is 9.46. The van der Waals surface area contributed by atoms with Crippen LogP contribution in [0.15, 0.2) is 24.3 Å². The van der Waals surface area contributed by atoms with Crippen LogP contribution in [-0.2, 0) is 6.42 Å². The zero-order valence-corrected chi connectivity index (χ0v) is 9.46. The number of hydrogen-bond acceptors (Lipinski definition) is 2. The van der Waals surface area contributed by atoms with Gasteiger partial charge in [0.2, 0.25) is 0 Å². The van der Waals surface area contributed by atoms with Crippen molar-refractivity contribution in [3.05, 3.63) is 35.4 Å². The Labute approximate surface area is 91.3 Å². The largest absolute Gasteiger partial charge is 0.389 e. The lowest BCUT2D eigenvalue weighted by Crippen LogP contribution is -2.35. The van der Waals surface area contributed by atoms with Gasteiger partial charge in [-0.3, -0.25) is 0 Å². The molecule has 15 heavy (non-hydrogen) atoms. The molecule has 1 aromatic carbocycles. The highest BCUT2D eigenvalue weighted by molar-refractivity contribution is 5.26. The van der Waals surface area contributed by atoms with Gasteiger partial charge in [-0.05, 0) is 31.4 Å². The van der Waals surface area contributed by atoms with Crippen molar-refractivity contribution >= 4 is 0 Å². The Hall–Kier alpha value is -0.860. The minimum absolute atomic E-state index is 0.332. The molecule has 2 heteroatoms. The third kappa shape index (κ3) is 2.21. The highest BCUT2D eigenvalue weighted by Gasteiger charge is 2.36. The highest BCUT2D eigenvalue weighted by atomic mass is 16.3. The van der Waals surface area contributed by atoms with E-state index in [4.69, 9.17) is 0 Å². The second kappa shape index (κ2) is 3.95. The van der Waals surface area contributed by atoms with Crippen molar-refractivity contribution in [2.75, 3.05) is 13.1 Å². The zero-order chi connectivity index (χ0) is 10.9. The lowest BCUT2D eigenvalue weighted by atomic mass is 9.86. The second-order valence-electron chi connectivity index (χ2n) is 4.82. The molecule has 0 aliphatic carbocycles. The van der Waals surface area contributed by atoms with E-state index in [0.29, 0.717) is 12.5 Å². The number of aryl methyl sites for hydroxylation is 1. The minimum Gasteiger partial charge on any atom is -0.389 e. The van der Waals surface area contributed by atoms with E-state index in [2.05, 4.69) is 36.5 Å². The van der Waals surface area contributed by atoms with Crippen LogP contribution in [0.3, 0.4) is 0 Å². The molecule has 2 rings (SSSR count). The first-order chi connectivity index (χ1) is 7.09. The summed E-state index contributed by atoms with van der Waals surface area (Å²) >= 11 is 0. The Morgan fingerprint density at radius 3 is 2.80 bits per heavy atom. The third-order valence-corrected chi connectivity index (χ3v) is 3.48. The number of aliphatic hydroxyl groups is 1. The Morgan fingerprint density at radius 1 is 1.47 bits per heavy atom. The van der Waals surface area contributed by atoms with Crippen LogP contribution in [0.4, 0.5) is 0 Å². The van der Waals surface area contributed by atoms with Crippen molar-refractivity contribution in [2.24, 2.45) is 5.92 Å². The average molecular weight is 205 g/mol. The van der Waals surface area contributed by atoms with Crippen molar-refractivity contribution in [1.82, 2.24) is 5.32 Å². The predicted octanol–water partition coefficient (Wildman–Crippen LogP) is 1.51. The summed E-state index contributed by atoms with van der Waals surface area (Å²) in [6, 6.07) is 8.42. The molecule has 0 aromatic heterocycles. The minimum atomic E-state index is -0.553. The molecule has 0 amide bonds. The molecular formula is C13H19NO. The van der Waals surface area contributed by atoms with Gasteiger partial charge in [0.15, 0.2) is 0 Å². The van der Waals surface area contributed by atoms with E-state index in [1.165, 1.54) is 11.1 Å². The normalized spacial score (nSPS) is 30.7. The number of nitrogens with one attached hydrogen (secondary N) is 1. The SMILES string of the molecule is Cc1ccccc1CC1CNCC1(C)O. The topological polar surface area (TPSA) is 32.3 Å². The van der Waals surface area contributed by atoms with Gasteiger partial charge in [-0.15, -0.1) is 0 Å². The van der Waals surface area contributed by atoms with Gasteiger partial charge in [0.1, 0.15) is 0 Å². The van der Waals surface area contributed by atoms with Gasteiger partial charge in [0.25, 0.3) is 0 Å². The quantitative estimate of drug-likeness (QED) is 0.767. The number of hydrogen-bond donors (Lipinski definition) is 2. The van der Waals surface area contributed by atoms with Crippen LogP contribution in [0.2, 0.25) is 0 Å². The molecule has 2 N–H and O–H groups in total. The summed E-state index contributed by atoms with van der Waals surface area (Å²) in [5.74, 6) is 0.332. The maximum Gasteiger partial charge on any atom is 0.0786 e. The molecule has 0 saturated carbocycles. The van der Waals surface area contributed by atoms with E-state index in [9.17, 15) is 5.11 Å². The molecule has 1 heterocycles. The van der Waals surface area contributed by atoms with Crippen LogP contribution in [0.1, 0.15) is 18.1 Å². The summed E-state index contributed by atoms with van der Waals surface area (Å²) in [6.07, 6.45) is 0.965. The summed E-state index contributed by atoms with van der Waals surface area (Å²) in [5.41, 5.74) is 2.12. The molecule has 1 aromatic rings. The fourth-order valence-corrected chi connectivity index (χ4v) is 2.26. The predicted molar refractivity (Wildman–Crippen MR) is 61.9 cm³/mol. The lowest BCUT2D eigenvalue weighted by Gasteiger charge is -2.24. The van der Waals surface area contributed by atoms with Gasteiger partial charge in [0, 0.05) is 19.0 Å². The molecule has 82 valence electrons. The van der Waals surface area contributed by atoms with Gasteiger partial charge in [-0.1, -0.05) is 24.3 Å². The van der Waals surface area contributed by atoms with Crippen LogP contribution >= 0.6 is 0 Å². The first kappa shape index (κ1) is 10.7. The molecule has 2 unspecified atom stereocenters. The van der Waals surface area contributed by atoms with Crippen LogP contribution in [-0.4, -0.2) is 23.8 Å². The molecule has 0 radical (unpaired) electrons. The van der Waals surface area contributed by atoms with Crippen molar-refractivity contribution in [3.8, 4) is 0 Å². The fraction of sp³-hybridized carbons (Fsp3) is 0.538. The maximum atomic E-state index is 10.1. The van der Waals surface area contributed by atoms with E-state index in [1.807, 2.05) is 6.92 Å². The summed E-state index contributed by atoms with van der Waals surface area (Å²) in [7, 11) is 0. The van der Waals surface area contributed by atoms with Crippen molar-refractivity contribution < 1.29 is 5.11 Å². The standard InChI is InChI=1S/C13H19NO/c1-10-5-3-4-6-11(10)7-12-8-14-9-13(12,2)15/h3-6,12,14-15H,7-9H2,1-2H3. The van der Waals surface area contributed by atoms with Gasteiger partial charge in [-0.25, -0.2) is 0 Å². The van der Waals surface area contributed by atoms with Gasteiger partial charge >= 0.3 is 0 Å². The second-order valence-corrected chi connectivity index (χ2v) is 4.82. The van der Waals surface area contributed by atoms with Gasteiger partial charge in [0.05, 0.1) is 5.60 Å². The average Bonchev–Trinajstić information content (AvgIpc) is 2.50. The molecule has 1 saturated heterocycles. The van der Waals surface area contributed by atoms with E-state index in [1.54, 1.807) is 0 Å². The monoisotopic (exact) mass is 205 g/mol. The number of benzene rings is 1. The Kier molecular flexibility index (Phi) is 2.81. The van der Waals surface area contributed by atoms with Crippen LogP contribution in [0.25, 0.3) is 0 Å². The molecule has 0 bridgehead atoms. The molecule has 2 nitrogen and oxygen atoms in total. The highest BCUT2D eigenvalue weighted by Crippen LogP contribution is 2.26. The number of rotatable bonds is 2. The summed E-state index contributed by atoms with van der Waals surface area (Å²) in [4.78, 5) is 0. The Morgan fingerprint density at radius 2 is 2.20 bits per heavy atom. The summed E-state index contributed by atoms with van der Waals surface area (Å²) < 4.78 is 0. The van der Waals surface area contributed by atoms with Crippen molar-refractivity contribution in [2.45, 2.75) is 25.9 Å². The molecule has 0 spiro atoms. The van der Waals surface area contributed by atoms with Gasteiger partial charge in [-0.2, -0.15) is 0 Å². The summed E-state index contributed by atoms with van der Waals surface area (Å²) in [5, 5.41) is 13.4. The van der Waals surface area contributed by atoms with Crippen molar-refractivity contribution in [3.63, 3.8) is 0 Å².